The van der Waals surface area contributed by atoms with E-state index in [2.05, 4.69) is 16.4 Å². The third kappa shape index (κ3) is 4.54. The number of hydrogen-bond acceptors (Lipinski definition) is 7. The predicted molar refractivity (Wildman–Crippen MR) is 102 cm³/mol. The number of nitriles is 1. The lowest BCUT2D eigenvalue weighted by molar-refractivity contribution is -0.384. The van der Waals surface area contributed by atoms with Crippen molar-refractivity contribution in [2.24, 2.45) is 0 Å². The van der Waals surface area contributed by atoms with Crippen LogP contribution in [0.3, 0.4) is 0 Å². The fraction of sp³-hybridized carbons (Fsp3) is 0.278. The first-order chi connectivity index (χ1) is 12.8. The van der Waals surface area contributed by atoms with Gasteiger partial charge in [0, 0.05) is 17.8 Å². The minimum absolute atomic E-state index is 0.00450. The van der Waals surface area contributed by atoms with Gasteiger partial charge in [-0.25, -0.2) is 4.98 Å². The molecule has 0 aliphatic carbocycles. The summed E-state index contributed by atoms with van der Waals surface area (Å²) in [7, 11) is 1.41. The first-order valence-corrected chi connectivity index (χ1v) is 8.90. The van der Waals surface area contributed by atoms with Crippen molar-refractivity contribution in [3.8, 4) is 11.8 Å². The SMILES string of the molecule is COc1ccc([N+](=O)[O-])cc1NC(=O)CSc1nc(C)c(C)c(C)c1C#N. The highest BCUT2D eigenvalue weighted by Gasteiger charge is 2.16. The zero-order chi connectivity index (χ0) is 20.1. The van der Waals surface area contributed by atoms with E-state index in [4.69, 9.17) is 4.74 Å². The molecule has 0 spiro atoms. The number of nitro benzene ring substituents is 1. The van der Waals surface area contributed by atoms with Crippen molar-refractivity contribution >= 4 is 29.0 Å². The van der Waals surface area contributed by atoms with E-state index >= 15 is 0 Å². The Morgan fingerprint density at radius 2 is 2.07 bits per heavy atom. The zero-order valence-corrected chi connectivity index (χ0v) is 16.1. The van der Waals surface area contributed by atoms with Gasteiger partial charge < -0.3 is 10.1 Å². The van der Waals surface area contributed by atoms with Gasteiger partial charge in [0.2, 0.25) is 5.91 Å². The quantitative estimate of drug-likeness (QED) is 0.458. The number of non-ortho nitro benzene ring substituents is 1. The van der Waals surface area contributed by atoms with Crippen molar-refractivity contribution in [3.05, 3.63) is 50.7 Å². The summed E-state index contributed by atoms with van der Waals surface area (Å²) < 4.78 is 5.13. The number of amides is 1. The molecule has 0 unspecified atom stereocenters. The third-order valence-corrected chi connectivity index (χ3v) is 5.06. The summed E-state index contributed by atoms with van der Waals surface area (Å²) in [5, 5.41) is 23.4. The second kappa shape index (κ2) is 8.51. The maximum atomic E-state index is 12.3. The van der Waals surface area contributed by atoms with Gasteiger partial charge >= 0.3 is 0 Å². The molecule has 0 fully saturated rings. The van der Waals surface area contributed by atoms with Crippen molar-refractivity contribution in [1.82, 2.24) is 4.98 Å². The Labute approximate surface area is 160 Å². The van der Waals surface area contributed by atoms with E-state index in [1.54, 1.807) is 0 Å². The average Bonchev–Trinajstić information content (AvgIpc) is 2.64. The summed E-state index contributed by atoms with van der Waals surface area (Å²) in [6.45, 7) is 5.59. The number of thioether (sulfide) groups is 1. The molecular weight excluding hydrogens is 368 g/mol. The lowest BCUT2D eigenvalue weighted by Crippen LogP contribution is -2.15. The maximum Gasteiger partial charge on any atom is 0.271 e. The molecule has 140 valence electrons. The summed E-state index contributed by atoms with van der Waals surface area (Å²) in [6, 6.07) is 6.09. The topological polar surface area (TPSA) is 118 Å². The van der Waals surface area contributed by atoms with Crippen LogP contribution in [0.4, 0.5) is 11.4 Å². The van der Waals surface area contributed by atoms with Crippen LogP contribution < -0.4 is 10.1 Å². The first kappa shape index (κ1) is 20.2. The van der Waals surface area contributed by atoms with Crippen LogP contribution >= 0.6 is 11.8 Å². The zero-order valence-electron chi connectivity index (χ0n) is 15.3. The van der Waals surface area contributed by atoms with E-state index in [-0.39, 0.29) is 23.0 Å². The molecule has 1 heterocycles. The Morgan fingerprint density at radius 3 is 2.67 bits per heavy atom. The van der Waals surface area contributed by atoms with Crippen LogP contribution in [0.25, 0.3) is 0 Å². The number of rotatable bonds is 6. The van der Waals surface area contributed by atoms with E-state index in [1.165, 1.54) is 25.3 Å². The highest BCUT2D eigenvalue weighted by molar-refractivity contribution is 8.00. The highest BCUT2D eigenvalue weighted by Crippen LogP contribution is 2.30. The van der Waals surface area contributed by atoms with Gasteiger partial charge in [-0.1, -0.05) is 11.8 Å². The minimum Gasteiger partial charge on any atom is -0.495 e. The van der Waals surface area contributed by atoms with Gasteiger partial charge in [-0.3, -0.25) is 14.9 Å². The molecule has 2 aromatic rings. The molecule has 8 nitrogen and oxygen atoms in total. The van der Waals surface area contributed by atoms with Crippen LogP contribution in [-0.4, -0.2) is 28.7 Å². The van der Waals surface area contributed by atoms with Gasteiger partial charge in [0.1, 0.15) is 16.8 Å². The largest absolute Gasteiger partial charge is 0.495 e. The number of ether oxygens (including phenoxy) is 1. The number of anilines is 1. The highest BCUT2D eigenvalue weighted by atomic mass is 32.2. The molecule has 2 rings (SSSR count). The number of aryl methyl sites for hydroxylation is 1. The number of carbonyl (C=O) groups is 1. The molecule has 0 aliphatic heterocycles. The lowest BCUT2D eigenvalue weighted by atomic mass is 10.1. The minimum atomic E-state index is -0.551. The van der Waals surface area contributed by atoms with Gasteiger partial charge in [-0.15, -0.1) is 0 Å². The predicted octanol–water partition coefficient (Wildman–Crippen LogP) is 3.53. The molecule has 27 heavy (non-hydrogen) atoms. The molecule has 1 aromatic heterocycles. The molecule has 1 aromatic carbocycles. The number of pyridine rings is 1. The van der Waals surface area contributed by atoms with Crippen LogP contribution in [0.1, 0.15) is 22.4 Å². The average molecular weight is 386 g/mol. The molecule has 1 amide bonds. The molecule has 0 bridgehead atoms. The van der Waals surface area contributed by atoms with Gasteiger partial charge in [-0.05, 0) is 38.0 Å². The van der Waals surface area contributed by atoms with Gasteiger partial charge in [-0.2, -0.15) is 5.26 Å². The van der Waals surface area contributed by atoms with Crippen LogP contribution in [-0.2, 0) is 4.79 Å². The first-order valence-electron chi connectivity index (χ1n) is 7.91. The van der Waals surface area contributed by atoms with Gasteiger partial charge in [0.25, 0.3) is 5.69 Å². The summed E-state index contributed by atoms with van der Waals surface area (Å²) in [4.78, 5) is 27.1. The molecular formula is C18H18N4O4S. The van der Waals surface area contributed by atoms with Gasteiger partial charge in [0.05, 0.1) is 29.0 Å². The number of carbonyl (C=O) groups excluding carboxylic acids is 1. The van der Waals surface area contributed by atoms with E-state index in [0.29, 0.717) is 16.3 Å². The molecule has 0 radical (unpaired) electrons. The molecule has 0 aliphatic rings. The second-order valence-electron chi connectivity index (χ2n) is 5.72. The maximum absolute atomic E-state index is 12.3. The molecule has 0 atom stereocenters. The van der Waals surface area contributed by atoms with Crippen molar-refractivity contribution in [1.29, 1.82) is 5.26 Å². The van der Waals surface area contributed by atoms with Crippen LogP contribution in [0, 0.1) is 42.2 Å². The number of aromatic nitrogens is 1. The van der Waals surface area contributed by atoms with E-state index in [1.807, 2.05) is 20.8 Å². The Kier molecular flexibility index (Phi) is 6.36. The Balaban J connectivity index is 2.18. The Morgan fingerprint density at radius 1 is 1.37 bits per heavy atom. The molecule has 9 heteroatoms. The summed E-state index contributed by atoms with van der Waals surface area (Å²) in [5.41, 5.74) is 3.09. The van der Waals surface area contributed by atoms with Crippen LogP contribution in [0.2, 0.25) is 0 Å². The number of benzene rings is 1. The lowest BCUT2D eigenvalue weighted by Gasteiger charge is -2.12. The molecule has 0 saturated carbocycles. The molecule has 1 N–H and O–H groups in total. The van der Waals surface area contributed by atoms with Crippen molar-refractivity contribution in [3.63, 3.8) is 0 Å². The van der Waals surface area contributed by atoms with Crippen LogP contribution in [0.5, 0.6) is 5.75 Å². The number of hydrogen-bond donors (Lipinski definition) is 1. The number of methoxy groups -OCH3 is 1. The monoisotopic (exact) mass is 386 g/mol. The number of nitro groups is 1. The number of nitrogens with one attached hydrogen (secondary N) is 1. The Hall–Kier alpha value is -3.12. The van der Waals surface area contributed by atoms with Crippen LogP contribution in [0.15, 0.2) is 23.2 Å². The summed E-state index contributed by atoms with van der Waals surface area (Å²) in [6.07, 6.45) is 0. The normalized spacial score (nSPS) is 10.2. The molecule has 0 saturated heterocycles. The van der Waals surface area contributed by atoms with Crippen molar-refractivity contribution in [2.75, 3.05) is 18.2 Å². The van der Waals surface area contributed by atoms with Crippen molar-refractivity contribution < 1.29 is 14.5 Å². The van der Waals surface area contributed by atoms with E-state index in [0.717, 1.165) is 28.6 Å². The Bertz CT molecular complexity index is 953. The summed E-state index contributed by atoms with van der Waals surface area (Å²) in [5.74, 6) is -0.0766. The third-order valence-electron chi connectivity index (χ3n) is 4.08. The fourth-order valence-electron chi connectivity index (χ4n) is 2.37. The van der Waals surface area contributed by atoms with Crippen molar-refractivity contribution in [2.45, 2.75) is 25.8 Å². The number of nitrogens with zero attached hydrogens (tertiary/aromatic N) is 3. The van der Waals surface area contributed by atoms with Gasteiger partial charge in [0.15, 0.2) is 0 Å². The smallest absolute Gasteiger partial charge is 0.271 e. The van der Waals surface area contributed by atoms with E-state index in [9.17, 15) is 20.2 Å². The van der Waals surface area contributed by atoms with E-state index < -0.39 is 4.92 Å². The standard InChI is InChI=1S/C18H18N4O4S/c1-10-11(2)14(8-19)18(20-12(10)3)27-9-17(23)21-15-7-13(22(24)25)5-6-16(15)26-4/h5-7H,9H2,1-4H3,(H,21,23). The fourth-order valence-corrected chi connectivity index (χ4v) is 3.26. The summed E-state index contributed by atoms with van der Waals surface area (Å²) >= 11 is 1.14. The second-order valence-corrected chi connectivity index (χ2v) is 6.68.